The Hall–Kier alpha value is -2.50. The molecule has 11 heteroatoms. The zero-order chi connectivity index (χ0) is 25.7. The van der Waals surface area contributed by atoms with Gasteiger partial charge in [-0.15, -0.1) is 4.33 Å². The molecule has 0 unspecified atom stereocenters. The summed E-state index contributed by atoms with van der Waals surface area (Å²) in [4.78, 5) is 21.0. The average Bonchev–Trinajstić information content (AvgIpc) is 3.33. The van der Waals surface area contributed by atoms with Crippen LogP contribution >= 0.6 is 12.0 Å². The van der Waals surface area contributed by atoms with Crippen LogP contribution in [-0.2, 0) is 9.07 Å². The van der Waals surface area contributed by atoms with Gasteiger partial charge in [0.15, 0.2) is 5.75 Å². The van der Waals surface area contributed by atoms with Gasteiger partial charge in [0.25, 0.3) is 5.16 Å². The fourth-order valence-corrected chi connectivity index (χ4v) is 3.73. The molecule has 0 aliphatic heterocycles. The second-order valence-electron chi connectivity index (χ2n) is 8.59. The largest absolute Gasteiger partial charge is 0.381 e. The van der Waals surface area contributed by atoms with E-state index in [9.17, 15) is 4.79 Å². The van der Waals surface area contributed by atoms with Crippen molar-refractivity contribution < 1.29 is 23.3 Å². The van der Waals surface area contributed by atoms with E-state index in [1.807, 2.05) is 25.1 Å². The predicted octanol–water partition coefficient (Wildman–Crippen LogP) is 6.35. The normalized spacial score (nSPS) is 10.8. The van der Waals surface area contributed by atoms with Crippen LogP contribution in [0.1, 0.15) is 83.1 Å². The number of ether oxygens (including phenoxy) is 1. The third kappa shape index (κ3) is 14.8. The van der Waals surface area contributed by atoms with E-state index in [1.54, 1.807) is 6.07 Å². The topological polar surface area (TPSA) is 120 Å². The smallest absolute Gasteiger partial charge is 0.341 e. The summed E-state index contributed by atoms with van der Waals surface area (Å²) in [5.74, 6) is 0.562. The number of anilines is 1. The maximum absolute atomic E-state index is 11.8. The first-order chi connectivity index (χ1) is 17.7. The molecule has 0 radical (unpaired) electrons. The highest BCUT2D eigenvalue weighted by atomic mass is 32.2. The maximum atomic E-state index is 11.8. The minimum absolute atomic E-state index is 0.0200. The molecule has 3 N–H and O–H groups in total. The minimum Gasteiger partial charge on any atom is -0.381 e. The van der Waals surface area contributed by atoms with Gasteiger partial charge in [-0.2, -0.15) is 4.98 Å². The molecular weight excluding hydrogens is 482 g/mol. The van der Waals surface area contributed by atoms with E-state index in [4.69, 9.17) is 18.5 Å². The number of amides is 2. The molecule has 202 valence electrons. The van der Waals surface area contributed by atoms with E-state index < -0.39 is 6.03 Å². The molecule has 1 aromatic heterocycles. The van der Waals surface area contributed by atoms with Gasteiger partial charge in [-0.3, -0.25) is 0 Å². The fraction of sp³-hybridized carbons (Fsp3) is 0.640. The lowest BCUT2D eigenvalue weighted by Gasteiger charge is -2.07. The number of benzene rings is 1. The Morgan fingerprint density at radius 2 is 1.72 bits per heavy atom. The summed E-state index contributed by atoms with van der Waals surface area (Å²) in [6.07, 6.45) is 13.9. The summed E-state index contributed by atoms with van der Waals surface area (Å²) in [5.41, 5.74) is 6.02. The van der Waals surface area contributed by atoms with Crippen molar-refractivity contribution in [2.45, 2.75) is 89.6 Å². The Kier molecular flexibility index (Phi) is 16.2. The quantitative estimate of drug-likeness (QED) is 0.0744. The molecule has 0 saturated heterocycles. The molecule has 0 aliphatic carbocycles. The molecule has 36 heavy (non-hydrogen) atoms. The van der Waals surface area contributed by atoms with Crippen molar-refractivity contribution >= 4 is 24.1 Å². The monoisotopic (exact) mass is 523 g/mol. The molecule has 0 bridgehead atoms. The number of aryl methyl sites for hydroxylation is 1. The van der Waals surface area contributed by atoms with Gasteiger partial charge >= 0.3 is 12.0 Å². The Morgan fingerprint density at radius 3 is 2.47 bits per heavy atom. The van der Waals surface area contributed by atoms with Crippen LogP contribution in [0.15, 0.2) is 33.9 Å². The number of nitrogens with zero attached hydrogens (tertiary/aromatic N) is 2. The lowest BCUT2D eigenvalue weighted by Crippen LogP contribution is -2.39. The van der Waals surface area contributed by atoms with E-state index in [1.165, 1.54) is 57.8 Å². The van der Waals surface area contributed by atoms with Crippen LogP contribution in [0, 0.1) is 6.92 Å². The van der Waals surface area contributed by atoms with Gasteiger partial charge in [-0.05, 0) is 42.6 Å². The maximum Gasteiger partial charge on any atom is 0.341 e. The number of unbranched alkanes of at least 4 members (excludes halogenated alkanes) is 9. The van der Waals surface area contributed by atoms with Crippen LogP contribution in [0.3, 0.4) is 0 Å². The van der Waals surface area contributed by atoms with Gasteiger partial charge in [0.05, 0.1) is 0 Å². The Morgan fingerprint density at radius 1 is 1.00 bits per heavy atom. The number of hydrogen-bond donors (Lipinski definition) is 3. The summed E-state index contributed by atoms with van der Waals surface area (Å²) >= 11 is 0.788. The van der Waals surface area contributed by atoms with Crippen molar-refractivity contribution in [3.05, 3.63) is 29.8 Å². The van der Waals surface area contributed by atoms with E-state index in [0.717, 1.165) is 37.1 Å². The predicted molar refractivity (Wildman–Crippen MR) is 140 cm³/mol. The van der Waals surface area contributed by atoms with E-state index in [-0.39, 0.29) is 11.2 Å². The number of urea groups is 1. The number of hydrogen-bond acceptors (Lipinski definition) is 9. The van der Waals surface area contributed by atoms with E-state index in [0.29, 0.717) is 18.9 Å². The van der Waals surface area contributed by atoms with Crippen molar-refractivity contribution in [1.29, 1.82) is 0 Å². The summed E-state index contributed by atoms with van der Waals surface area (Å²) in [7, 11) is 0. The number of rotatable bonds is 21. The van der Waals surface area contributed by atoms with E-state index >= 15 is 0 Å². The standard InChI is InChI=1S/C25H41N5O5S/c1-3-4-5-6-7-8-9-10-11-12-18-32-19-14-17-26-23(31)28-29-24-27-25(30-33-24)36-35-34-22-16-13-15-21(2)20-22/h13,15-16,20H,3-12,14,17-19H2,1-2H3,(H2,26,28,31)(H,27,29,30). The summed E-state index contributed by atoms with van der Waals surface area (Å²) < 4.78 is 15.6. The van der Waals surface area contributed by atoms with Crippen LogP contribution in [0.2, 0.25) is 0 Å². The summed E-state index contributed by atoms with van der Waals surface area (Å²) in [5, 5.41) is 6.62. The summed E-state index contributed by atoms with van der Waals surface area (Å²) in [6.45, 7) is 6.11. The molecular formula is C25H41N5O5S. The molecule has 10 nitrogen and oxygen atoms in total. The van der Waals surface area contributed by atoms with Gasteiger partial charge in [0.2, 0.25) is 0 Å². The first-order valence-corrected chi connectivity index (χ1v) is 13.7. The van der Waals surface area contributed by atoms with Crippen molar-refractivity contribution in [3.8, 4) is 5.75 Å². The highest BCUT2D eigenvalue weighted by molar-refractivity contribution is 7.94. The average molecular weight is 524 g/mol. The van der Waals surface area contributed by atoms with E-state index in [2.05, 4.69) is 33.2 Å². The third-order valence-corrected chi connectivity index (χ3v) is 5.76. The van der Waals surface area contributed by atoms with Crippen LogP contribution in [0.4, 0.5) is 10.8 Å². The third-order valence-electron chi connectivity index (χ3n) is 5.31. The molecule has 2 rings (SSSR count). The van der Waals surface area contributed by atoms with Gasteiger partial charge in [-0.1, -0.05) is 76.8 Å². The number of hydrazine groups is 1. The van der Waals surface area contributed by atoms with Gasteiger partial charge in [0.1, 0.15) is 12.0 Å². The van der Waals surface area contributed by atoms with Crippen molar-refractivity contribution in [2.24, 2.45) is 0 Å². The second-order valence-corrected chi connectivity index (χ2v) is 9.26. The molecule has 1 heterocycles. The lowest BCUT2D eigenvalue weighted by molar-refractivity contribution is -0.0782. The Balaban J connectivity index is 1.38. The molecule has 0 fully saturated rings. The van der Waals surface area contributed by atoms with Crippen LogP contribution in [0.25, 0.3) is 0 Å². The van der Waals surface area contributed by atoms with Crippen LogP contribution < -0.4 is 21.1 Å². The lowest BCUT2D eigenvalue weighted by atomic mass is 10.1. The van der Waals surface area contributed by atoms with Gasteiger partial charge < -0.3 is 19.5 Å². The molecule has 2 amide bonds. The zero-order valence-corrected chi connectivity index (χ0v) is 22.4. The molecule has 1 aromatic carbocycles. The molecule has 0 atom stereocenters. The minimum atomic E-state index is -0.406. The van der Waals surface area contributed by atoms with Gasteiger partial charge in [-0.25, -0.2) is 15.6 Å². The second kappa shape index (κ2) is 19.7. The fourth-order valence-electron chi connectivity index (χ4n) is 3.37. The summed E-state index contributed by atoms with van der Waals surface area (Å²) in [6, 6.07) is 7.02. The molecule has 0 spiro atoms. The molecule has 0 aliphatic rings. The number of carbonyl (C=O) groups is 1. The first kappa shape index (κ1) is 29.7. The number of carbonyl (C=O) groups excluding carboxylic acids is 1. The molecule has 0 saturated carbocycles. The Bertz CT molecular complexity index is 839. The molecule has 2 aromatic rings. The number of nitrogens with one attached hydrogen (secondary N) is 3. The highest BCUT2D eigenvalue weighted by Gasteiger charge is 2.09. The van der Waals surface area contributed by atoms with Crippen LogP contribution in [-0.4, -0.2) is 35.9 Å². The van der Waals surface area contributed by atoms with Gasteiger partial charge in [0, 0.05) is 19.8 Å². The first-order valence-electron chi connectivity index (χ1n) is 13.0. The van der Waals surface area contributed by atoms with Crippen molar-refractivity contribution in [2.75, 3.05) is 25.2 Å². The Labute approximate surface area is 218 Å². The van der Waals surface area contributed by atoms with Crippen molar-refractivity contribution in [1.82, 2.24) is 20.9 Å². The highest BCUT2D eigenvalue weighted by Crippen LogP contribution is 2.20. The number of aromatic nitrogens is 2. The zero-order valence-electron chi connectivity index (χ0n) is 21.6. The van der Waals surface area contributed by atoms with Crippen molar-refractivity contribution in [3.63, 3.8) is 0 Å². The van der Waals surface area contributed by atoms with Crippen LogP contribution in [0.5, 0.6) is 5.75 Å². The SMILES string of the molecule is CCCCCCCCCCCCOCCCNC(=O)NNc1nc(SOOc2cccc(C)c2)no1.